The highest BCUT2D eigenvalue weighted by Crippen LogP contribution is 2.26. The molecule has 0 saturated carbocycles. The van der Waals surface area contributed by atoms with E-state index < -0.39 is 0 Å². The number of nitrogens with two attached hydrogens (primary N) is 1. The summed E-state index contributed by atoms with van der Waals surface area (Å²) in [5.74, 6) is 6.93. The fourth-order valence-corrected chi connectivity index (χ4v) is 1.84. The van der Waals surface area contributed by atoms with Gasteiger partial charge in [-0.1, -0.05) is 11.6 Å². The topological polar surface area (TPSA) is 68.9 Å². The van der Waals surface area contributed by atoms with E-state index in [2.05, 4.69) is 10.2 Å². The Balaban J connectivity index is 2.16. The predicted molar refractivity (Wildman–Crippen MR) is 72.8 cm³/mol. The molecule has 7 heteroatoms. The number of nitrogens with one attached hydrogen (secondary N) is 1. The van der Waals surface area contributed by atoms with Gasteiger partial charge in [0.15, 0.2) is 5.82 Å². The van der Waals surface area contributed by atoms with E-state index in [1.807, 2.05) is 26.0 Å². The van der Waals surface area contributed by atoms with Gasteiger partial charge in [-0.05, 0) is 49.3 Å². The first-order valence-corrected chi connectivity index (χ1v) is 6.08. The summed E-state index contributed by atoms with van der Waals surface area (Å²) in [5, 5.41) is 7.31. The van der Waals surface area contributed by atoms with Crippen molar-refractivity contribution in [1.29, 1.82) is 0 Å². The number of ether oxygens (including phenoxy) is 1. The van der Waals surface area contributed by atoms with Crippen molar-refractivity contribution < 1.29 is 4.74 Å². The summed E-state index contributed by atoms with van der Waals surface area (Å²) in [5.41, 5.74) is 1.94. The van der Waals surface area contributed by atoms with E-state index in [1.165, 1.54) is 4.68 Å². The zero-order valence-electron chi connectivity index (χ0n) is 10.0. The third-order valence-electron chi connectivity index (χ3n) is 2.56. The van der Waals surface area contributed by atoms with Crippen LogP contribution in [0.15, 0.2) is 12.1 Å². The van der Waals surface area contributed by atoms with Gasteiger partial charge >= 0.3 is 0 Å². The molecular formula is C11H13ClN4OS. The molecule has 0 aliphatic heterocycles. The first-order valence-electron chi connectivity index (χ1n) is 5.30. The number of aryl methyl sites for hydroxylation is 2. The maximum atomic E-state index is 6.08. The Labute approximate surface area is 114 Å². The minimum Gasteiger partial charge on any atom is -0.486 e. The van der Waals surface area contributed by atoms with Crippen molar-refractivity contribution in [2.45, 2.75) is 20.5 Å². The van der Waals surface area contributed by atoms with Crippen molar-refractivity contribution >= 4 is 23.8 Å². The van der Waals surface area contributed by atoms with Crippen LogP contribution >= 0.6 is 23.8 Å². The lowest BCUT2D eigenvalue weighted by atomic mass is 10.1. The van der Waals surface area contributed by atoms with Crippen molar-refractivity contribution in [3.63, 3.8) is 0 Å². The number of halogens is 1. The SMILES string of the molecule is Cc1cc(OCc2n[nH]c(=S)n2N)cc(C)c1Cl. The van der Waals surface area contributed by atoms with Crippen LogP contribution in [0.3, 0.4) is 0 Å². The van der Waals surface area contributed by atoms with Crippen LogP contribution < -0.4 is 10.6 Å². The highest BCUT2D eigenvalue weighted by atomic mass is 35.5. The number of nitrogen functional groups attached to an aromatic ring is 1. The van der Waals surface area contributed by atoms with Crippen molar-refractivity contribution in [3.8, 4) is 5.75 Å². The Kier molecular flexibility index (Phi) is 3.58. The third kappa shape index (κ3) is 2.49. The second-order valence-electron chi connectivity index (χ2n) is 3.97. The van der Waals surface area contributed by atoms with E-state index in [9.17, 15) is 0 Å². The molecule has 0 atom stereocenters. The van der Waals surface area contributed by atoms with Gasteiger partial charge in [0.25, 0.3) is 0 Å². The first kappa shape index (κ1) is 12.9. The van der Waals surface area contributed by atoms with Crippen LogP contribution in [0.2, 0.25) is 5.02 Å². The molecule has 3 N–H and O–H groups in total. The second-order valence-corrected chi connectivity index (χ2v) is 4.74. The van der Waals surface area contributed by atoms with Gasteiger partial charge in [0, 0.05) is 5.02 Å². The number of hydrogen-bond donors (Lipinski definition) is 2. The summed E-state index contributed by atoms with van der Waals surface area (Å²) in [6.45, 7) is 4.10. The first-order chi connectivity index (χ1) is 8.49. The Morgan fingerprint density at radius 2 is 2.06 bits per heavy atom. The van der Waals surface area contributed by atoms with Crippen LogP contribution in [0.4, 0.5) is 0 Å². The van der Waals surface area contributed by atoms with Crippen LogP contribution in [0, 0.1) is 18.6 Å². The summed E-state index contributed by atoms with van der Waals surface area (Å²) < 4.78 is 7.26. The van der Waals surface area contributed by atoms with Crippen LogP contribution in [0.25, 0.3) is 0 Å². The molecule has 18 heavy (non-hydrogen) atoms. The van der Waals surface area contributed by atoms with Crippen molar-refractivity contribution in [2.24, 2.45) is 0 Å². The van der Waals surface area contributed by atoms with Gasteiger partial charge < -0.3 is 10.6 Å². The van der Waals surface area contributed by atoms with E-state index in [1.54, 1.807) is 0 Å². The highest BCUT2D eigenvalue weighted by molar-refractivity contribution is 7.71. The van der Waals surface area contributed by atoms with Crippen molar-refractivity contribution in [2.75, 3.05) is 5.84 Å². The van der Waals surface area contributed by atoms with Gasteiger partial charge in [-0.2, -0.15) is 5.10 Å². The summed E-state index contributed by atoms with van der Waals surface area (Å²) in [7, 11) is 0. The predicted octanol–water partition coefficient (Wildman–Crippen LogP) is 2.50. The lowest BCUT2D eigenvalue weighted by Gasteiger charge is -2.09. The van der Waals surface area contributed by atoms with Crippen LogP contribution in [-0.2, 0) is 6.61 Å². The molecule has 1 aromatic carbocycles. The van der Waals surface area contributed by atoms with E-state index >= 15 is 0 Å². The number of hydrogen-bond acceptors (Lipinski definition) is 4. The average molecular weight is 285 g/mol. The number of rotatable bonds is 3. The Morgan fingerprint density at radius 3 is 2.56 bits per heavy atom. The summed E-state index contributed by atoms with van der Waals surface area (Å²) in [6, 6.07) is 3.74. The normalized spacial score (nSPS) is 10.6. The number of aromatic amines is 1. The summed E-state index contributed by atoms with van der Waals surface area (Å²) in [6.07, 6.45) is 0. The van der Waals surface area contributed by atoms with Crippen molar-refractivity contribution in [3.05, 3.63) is 38.9 Å². The Hall–Kier alpha value is -1.53. The number of H-pyrrole nitrogens is 1. The van der Waals surface area contributed by atoms with Gasteiger partial charge in [-0.3, -0.25) is 5.10 Å². The molecule has 0 amide bonds. The molecular weight excluding hydrogens is 272 g/mol. The van der Waals surface area contributed by atoms with E-state index in [-0.39, 0.29) is 6.61 Å². The molecule has 0 radical (unpaired) electrons. The molecule has 96 valence electrons. The van der Waals surface area contributed by atoms with Gasteiger partial charge in [0.2, 0.25) is 4.77 Å². The molecule has 2 aromatic rings. The minimum absolute atomic E-state index is 0.240. The van der Waals surface area contributed by atoms with Crippen molar-refractivity contribution in [1.82, 2.24) is 14.9 Å². The number of nitrogens with zero attached hydrogens (tertiary/aromatic N) is 2. The van der Waals surface area contributed by atoms with Gasteiger partial charge in [-0.25, -0.2) is 4.68 Å². The van der Waals surface area contributed by atoms with Crippen LogP contribution in [0.5, 0.6) is 5.75 Å². The summed E-state index contributed by atoms with van der Waals surface area (Å²) in [4.78, 5) is 0. The molecule has 0 aliphatic rings. The van der Waals surface area contributed by atoms with Gasteiger partial charge in [-0.15, -0.1) is 0 Å². The minimum atomic E-state index is 0.240. The standard InChI is InChI=1S/C11H13ClN4OS/c1-6-3-8(4-7(2)10(6)12)17-5-9-14-15-11(18)16(9)13/h3-4H,5,13H2,1-2H3,(H,15,18). The zero-order valence-corrected chi connectivity index (χ0v) is 11.6. The molecule has 0 unspecified atom stereocenters. The maximum absolute atomic E-state index is 6.08. The third-order valence-corrected chi connectivity index (χ3v) is 3.44. The number of aromatic nitrogens is 3. The molecule has 0 fully saturated rings. The molecule has 0 aliphatic carbocycles. The van der Waals surface area contributed by atoms with Gasteiger partial charge in [0.1, 0.15) is 12.4 Å². The van der Waals surface area contributed by atoms with Gasteiger partial charge in [0.05, 0.1) is 0 Å². The number of benzene rings is 1. The zero-order chi connectivity index (χ0) is 13.3. The lowest BCUT2D eigenvalue weighted by molar-refractivity contribution is 0.292. The monoisotopic (exact) mass is 284 g/mol. The largest absolute Gasteiger partial charge is 0.486 e. The fourth-order valence-electron chi connectivity index (χ4n) is 1.58. The second kappa shape index (κ2) is 4.99. The molecule has 0 spiro atoms. The van der Waals surface area contributed by atoms with E-state index in [0.717, 1.165) is 21.9 Å². The van der Waals surface area contributed by atoms with E-state index in [0.29, 0.717) is 10.6 Å². The Morgan fingerprint density at radius 1 is 1.44 bits per heavy atom. The van der Waals surface area contributed by atoms with E-state index in [4.69, 9.17) is 34.4 Å². The Bertz CT molecular complexity index is 611. The average Bonchev–Trinajstić information content (AvgIpc) is 2.64. The molecule has 5 nitrogen and oxygen atoms in total. The lowest BCUT2D eigenvalue weighted by Crippen LogP contribution is -2.14. The maximum Gasteiger partial charge on any atom is 0.214 e. The molecule has 0 saturated heterocycles. The molecule has 2 rings (SSSR count). The van der Waals surface area contributed by atoms with Crippen LogP contribution in [0.1, 0.15) is 17.0 Å². The van der Waals surface area contributed by atoms with Crippen LogP contribution in [-0.4, -0.2) is 14.9 Å². The fraction of sp³-hybridized carbons (Fsp3) is 0.273. The quantitative estimate of drug-likeness (QED) is 0.671. The molecule has 1 aromatic heterocycles. The summed E-state index contributed by atoms with van der Waals surface area (Å²) >= 11 is 11.0. The highest BCUT2D eigenvalue weighted by Gasteiger charge is 2.06. The molecule has 0 bridgehead atoms. The molecule has 1 heterocycles. The smallest absolute Gasteiger partial charge is 0.214 e.